The molecule has 1 aliphatic heterocycles. The van der Waals surface area contributed by atoms with Crippen molar-refractivity contribution < 1.29 is 14.3 Å². The molecule has 1 atom stereocenters. The maximum Gasteiger partial charge on any atom is 0.255 e. The molecule has 0 bridgehead atoms. The summed E-state index contributed by atoms with van der Waals surface area (Å²) < 4.78 is 5.29. The summed E-state index contributed by atoms with van der Waals surface area (Å²) in [5.74, 6) is 0.435. The Hall–Kier alpha value is -3.60. The Morgan fingerprint density at radius 1 is 0.967 bits per heavy atom. The Morgan fingerprint density at radius 2 is 1.70 bits per heavy atom. The second kappa shape index (κ2) is 8.82. The largest absolute Gasteiger partial charge is 0.497 e. The lowest BCUT2D eigenvalue weighted by atomic mass is 10.0. The van der Waals surface area contributed by atoms with E-state index < -0.39 is 6.04 Å². The highest BCUT2D eigenvalue weighted by Crippen LogP contribution is 2.35. The summed E-state index contributed by atoms with van der Waals surface area (Å²) in [7, 11) is 1.61. The summed E-state index contributed by atoms with van der Waals surface area (Å²) in [5.41, 5.74) is 3.41. The first-order chi connectivity index (χ1) is 14.7. The van der Waals surface area contributed by atoms with Gasteiger partial charge in [0.2, 0.25) is 5.91 Å². The topological polar surface area (TPSA) is 58.6 Å². The molecule has 5 nitrogen and oxygen atoms in total. The lowest BCUT2D eigenvalue weighted by Gasteiger charge is -2.25. The molecule has 0 aliphatic carbocycles. The van der Waals surface area contributed by atoms with Gasteiger partial charge in [-0.2, -0.15) is 0 Å². The van der Waals surface area contributed by atoms with Crippen molar-refractivity contribution in [3.63, 3.8) is 0 Å². The fourth-order valence-electron chi connectivity index (χ4n) is 3.85. The van der Waals surface area contributed by atoms with E-state index in [1.165, 1.54) is 0 Å². The lowest BCUT2D eigenvalue weighted by Crippen LogP contribution is -2.39. The van der Waals surface area contributed by atoms with Crippen LogP contribution in [0.3, 0.4) is 0 Å². The molecule has 0 fully saturated rings. The van der Waals surface area contributed by atoms with Crippen LogP contribution < -0.4 is 10.1 Å². The molecule has 0 saturated carbocycles. The van der Waals surface area contributed by atoms with Gasteiger partial charge in [-0.25, -0.2) is 0 Å². The van der Waals surface area contributed by atoms with Crippen LogP contribution in [-0.4, -0.2) is 30.4 Å². The smallest absolute Gasteiger partial charge is 0.255 e. The van der Waals surface area contributed by atoms with Crippen molar-refractivity contribution in [2.75, 3.05) is 13.7 Å². The number of nitrogens with one attached hydrogen (secondary N) is 1. The Labute approximate surface area is 176 Å². The van der Waals surface area contributed by atoms with Crippen LogP contribution in [0.25, 0.3) is 0 Å². The van der Waals surface area contributed by atoms with E-state index in [4.69, 9.17) is 4.74 Å². The maximum absolute atomic E-state index is 13.1. The van der Waals surface area contributed by atoms with Gasteiger partial charge in [0.15, 0.2) is 0 Å². The number of nitrogens with zero attached hydrogens (tertiary/aromatic N) is 1. The van der Waals surface area contributed by atoms with E-state index in [2.05, 4.69) is 5.32 Å². The number of benzene rings is 3. The maximum atomic E-state index is 13.1. The molecule has 1 N–H and O–H groups in total. The molecule has 0 aromatic heterocycles. The van der Waals surface area contributed by atoms with Crippen LogP contribution in [0.4, 0.5) is 0 Å². The first kappa shape index (κ1) is 19.7. The summed E-state index contributed by atoms with van der Waals surface area (Å²) in [6.07, 6.45) is 0.741. The quantitative estimate of drug-likeness (QED) is 0.657. The Balaban J connectivity index is 1.53. The van der Waals surface area contributed by atoms with E-state index in [0.717, 1.165) is 28.9 Å². The highest BCUT2D eigenvalue weighted by atomic mass is 16.5. The minimum absolute atomic E-state index is 0.128. The molecule has 5 heteroatoms. The molecule has 152 valence electrons. The SMILES string of the molecule is COc1cccc(CN2C(=O)c3ccccc3[C@@H]2C(=O)NCCc2ccccc2)c1. The minimum Gasteiger partial charge on any atom is -0.497 e. The molecule has 3 aromatic rings. The third-order valence-electron chi connectivity index (χ3n) is 5.35. The molecule has 0 unspecified atom stereocenters. The number of hydrogen-bond donors (Lipinski definition) is 1. The van der Waals surface area contributed by atoms with Gasteiger partial charge < -0.3 is 15.0 Å². The van der Waals surface area contributed by atoms with Crippen molar-refractivity contribution in [3.05, 3.63) is 101 Å². The van der Waals surface area contributed by atoms with Gasteiger partial charge in [-0.3, -0.25) is 9.59 Å². The summed E-state index contributed by atoms with van der Waals surface area (Å²) in [6, 6.07) is 24.3. The molecule has 1 heterocycles. The Kier molecular flexibility index (Phi) is 5.80. The van der Waals surface area contributed by atoms with Crippen molar-refractivity contribution in [3.8, 4) is 5.75 Å². The number of fused-ring (bicyclic) bond motifs is 1. The van der Waals surface area contributed by atoms with E-state index in [1.807, 2.05) is 72.8 Å². The Bertz CT molecular complexity index is 1050. The minimum atomic E-state index is -0.643. The van der Waals surface area contributed by atoms with E-state index in [1.54, 1.807) is 18.1 Å². The highest BCUT2D eigenvalue weighted by molar-refractivity contribution is 6.04. The van der Waals surface area contributed by atoms with Gasteiger partial charge in [0.25, 0.3) is 5.91 Å². The number of carbonyl (C=O) groups excluding carboxylic acids is 2. The molecule has 0 radical (unpaired) electrons. The normalized spacial score (nSPS) is 15.0. The molecule has 0 saturated heterocycles. The third-order valence-corrected chi connectivity index (χ3v) is 5.35. The van der Waals surface area contributed by atoms with Gasteiger partial charge >= 0.3 is 0 Å². The number of amides is 2. The van der Waals surface area contributed by atoms with Crippen LogP contribution in [0.2, 0.25) is 0 Å². The predicted octanol–water partition coefficient (Wildman–Crippen LogP) is 3.75. The average molecular weight is 400 g/mol. The number of ether oxygens (including phenoxy) is 1. The summed E-state index contributed by atoms with van der Waals surface area (Å²) in [6.45, 7) is 0.851. The number of hydrogen-bond acceptors (Lipinski definition) is 3. The van der Waals surface area contributed by atoms with Crippen LogP contribution in [0, 0.1) is 0 Å². The zero-order chi connectivity index (χ0) is 20.9. The molecule has 4 rings (SSSR count). The summed E-state index contributed by atoms with van der Waals surface area (Å²) in [4.78, 5) is 27.9. The molecule has 1 aliphatic rings. The van der Waals surface area contributed by atoms with Crippen molar-refractivity contribution in [2.45, 2.75) is 19.0 Å². The van der Waals surface area contributed by atoms with E-state index in [9.17, 15) is 9.59 Å². The van der Waals surface area contributed by atoms with Gasteiger partial charge in [-0.15, -0.1) is 0 Å². The van der Waals surface area contributed by atoms with Crippen molar-refractivity contribution >= 4 is 11.8 Å². The first-order valence-corrected chi connectivity index (χ1v) is 10.0. The number of rotatable bonds is 7. The van der Waals surface area contributed by atoms with Gasteiger partial charge in [0, 0.05) is 18.7 Å². The van der Waals surface area contributed by atoms with Gasteiger partial charge in [-0.1, -0.05) is 60.7 Å². The second-order valence-electron chi connectivity index (χ2n) is 7.30. The molecule has 2 amide bonds. The Morgan fingerprint density at radius 3 is 2.50 bits per heavy atom. The van der Waals surface area contributed by atoms with Crippen LogP contribution >= 0.6 is 0 Å². The zero-order valence-electron chi connectivity index (χ0n) is 16.9. The monoisotopic (exact) mass is 400 g/mol. The molecule has 0 spiro atoms. The van der Waals surface area contributed by atoms with E-state index in [0.29, 0.717) is 18.7 Å². The third kappa shape index (κ3) is 4.06. The van der Waals surface area contributed by atoms with Crippen LogP contribution in [0.1, 0.15) is 33.1 Å². The zero-order valence-corrected chi connectivity index (χ0v) is 16.9. The number of methoxy groups -OCH3 is 1. The van der Waals surface area contributed by atoms with E-state index >= 15 is 0 Å². The molecular formula is C25H24N2O3. The highest BCUT2D eigenvalue weighted by Gasteiger charge is 2.40. The number of carbonyl (C=O) groups is 2. The fraction of sp³-hybridized carbons (Fsp3) is 0.200. The van der Waals surface area contributed by atoms with Gasteiger partial charge in [0.05, 0.1) is 7.11 Å². The fourth-order valence-corrected chi connectivity index (χ4v) is 3.85. The molecule has 3 aromatic carbocycles. The van der Waals surface area contributed by atoms with Crippen molar-refractivity contribution in [2.24, 2.45) is 0 Å². The molecular weight excluding hydrogens is 376 g/mol. The lowest BCUT2D eigenvalue weighted by molar-refractivity contribution is -0.125. The van der Waals surface area contributed by atoms with E-state index in [-0.39, 0.29) is 11.8 Å². The first-order valence-electron chi connectivity index (χ1n) is 10.0. The van der Waals surface area contributed by atoms with Crippen LogP contribution in [-0.2, 0) is 17.8 Å². The second-order valence-corrected chi connectivity index (χ2v) is 7.30. The van der Waals surface area contributed by atoms with Crippen LogP contribution in [0.5, 0.6) is 5.75 Å². The van der Waals surface area contributed by atoms with Gasteiger partial charge in [0.1, 0.15) is 11.8 Å². The average Bonchev–Trinajstić information content (AvgIpc) is 3.06. The van der Waals surface area contributed by atoms with Crippen molar-refractivity contribution in [1.29, 1.82) is 0 Å². The van der Waals surface area contributed by atoms with Gasteiger partial charge in [-0.05, 0) is 41.3 Å². The van der Waals surface area contributed by atoms with Crippen LogP contribution in [0.15, 0.2) is 78.9 Å². The van der Waals surface area contributed by atoms with Crippen molar-refractivity contribution in [1.82, 2.24) is 10.2 Å². The molecule has 30 heavy (non-hydrogen) atoms. The standard InChI is InChI=1S/C25H24N2O3/c1-30-20-11-7-10-19(16-20)17-27-23(21-12-5-6-13-22(21)25(27)29)24(28)26-15-14-18-8-3-2-4-9-18/h2-13,16,23H,14-15,17H2,1H3,(H,26,28)/t23-/m1/s1. The summed E-state index contributed by atoms with van der Waals surface area (Å²) in [5, 5.41) is 3.02. The summed E-state index contributed by atoms with van der Waals surface area (Å²) >= 11 is 0. The predicted molar refractivity (Wildman–Crippen MR) is 115 cm³/mol.